The van der Waals surface area contributed by atoms with Gasteiger partial charge in [0.2, 0.25) is 10.0 Å². The fourth-order valence-electron chi connectivity index (χ4n) is 1.93. The summed E-state index contributed by atoms with van der Waals surface area (Å²) in [5.74, 6) is -1.48. The first-order valence-corrected chi connectivity index (χ1v) is 9.28. The van der Waals surface area contributed by atoms with Gasteiger partial charge in [-0.25, -0.2) is 13.6 Å². The second kappa shape index (κ2) is 10.2. The highest BCUT2D eigenvalue weighted by atomic mass is 32.2. The van der Waals surface area contributed by atoms with E-state index in [1.165, 1.54) is 30.5 Å². The molecule has 0 aliphatic carbocycles. The van der Waals surface area contributed by atoms with Gasteiger partial charge in [0.25, 0.3) is 5.91 Å². The first-order chi connectivity index (χ1) is 12.2. The number of nitriles is 1. The molecule has 0 fully saturated rings. The van der Waals surface area contributed by atoms with Gasteiger partial charge in [0.05, 0.1) is 4.90 Å². The number of nitrogens with zero attached hydrogens (tertiary/aromatic N) is 1. The monoisotopic (exact) mass is 380 g/mol. The van der Waals surface area contributed by atoms with Crippen LogP contribution in [-0.4, -0.2) is 31.9 Å². The summed E-state index contributed by atoms with van der Waals surface area (Å²) in [6.45, 7) is 0.501. The van der Waals surface area contributed by atoms with Crippen LogP contribution in [0.1, 0.15) is 25.7 Å². The van der Waals surface area contributed by atoms with E-state index in [0.29, 0.717) is 25.1 Å². The number of benzene rings is 1. The van der Waals surface area contributed by atoms with Crippen LogP contribution in [0.15, 0.2) is 40.9 Å². The van der Waals surface area contributed by atoms with Crippen LogP contribution in [-0.2, 0) is 19.6 Å². The number of carboxylic acids is 1. The Hall–Kier alpha value is -2.90. The zero-order valence-electron chi connectivity index (χ0n) is 13.9. The standard InChI is InChI=1S/C16H20N4O5S/c17-10-12(11-19-9-3-1-2-4-15(21)22)16(23)20-13-5-7-14(8-6-13)26(18,24)25/h5-8,11,19H,1-4,9H2,(H,20,23)(H,21,22)(H2,18,24,25)/b12-11-. The number of aliphatic carboxylic acids is 1. The van der Waals surface area contributed by atoms with Crippen LogP contribution < -0.4 is 15.8 Å². The lowest BCUT2D eigenvalue weighted by Gasteiger charge is -2.06. The second-order valence-electron chi connectivity index (χ2n) is 5.35. The Morgan fingerprint density at radius 2 is 1.85 bits per heavy atom. The number of hydrogen-bond donors (Lipinski definition) is 4. The molecular formula is C16H20N4O5S. The minimum Gasteiger partial charge on any atom is -0.481 e. The van der Waals surface area contributed by atoms with Crippen molar-refractivity contribution in [1.82, 2.24) is 5.32 Å². The molecule has 26 heavy (non-hydrogen) atoms. The molecule has 1 rings (SSSR count). The van der Waals surface area contributed by atoms with Gasteiger partial charge >= 0.3 is 5.97 Å². The number of carbonyl (C=O) groups excluding carboxylic acids is 1. The lowest BCUT2D eigenvalue weighted by molar-refractivity contribution is -0.137. The Balaban J connectivity index is 2.50. The average molecular weight is 380 g/mol. The zero-order chi connectivity index (χ0) is 19.6. The normalized spacial score (nSPS) is 11.5. The van der Waals surface area contributed by atoms with E-state index in [2.05, 4.69) is 10.6 Å². The number of carbonyl (C=O) groups is 2. The van der Waals surface area contributed by atoms with Gasteiger partial charge < -0.3 is 15.7 Å². The van der Waals surface area contributed by atoms with E-state index in [-0.39, 0.29) is 16.9 Å². The van der Waals surface area contributed by atoms with E-state index in [1.54, 1.807) is 6.07 Å². The zero-order valence-corrected chi connectivity index (χ0v) is 14.8. The molecule has 0 saturated carbocycles. The van der Waals surface area contributed by atoms with Crippen molar-refractivity contribution in [1.29, 1.82) is 5.26 Å². The molecular weight excluding hydrogens is 360 g/mol. The van der Waals surface area contributed by atoms with Crippen molar-refractivity contribution in [2.24, 2.45) is 5.14 Å². The molecule has 0 spiro atoms. The topological polar surface area (TPSA) is 162 Å². The summed E-state index contributed by atoms with van der Waals surface area (Å²) in [6.07, 6.45) is 3.40. The van der Waals surface area contributed by atoms with Crippen LogP contribution in [0.25, 0.3) is 0 Å². The van der Waals surface area contributed by atoms with Crippen LogP contribution in [0.2, 0.25) is 0 Å². The average Bonchev–Trinajstić information content (AvgIpc) is 2.56. The van der Waals surface area contributed by atoms with Crippen molar-refractivity contribution in [3.63, 3.8) is 0 Å². The number of anilines is 1. The summed E-state index contributed by atoms with van der Waals surface area (Å²) in [7, 11) is -3.81. The van der Waals surface area contributed by atoms with Crippen LogP contribution >= 0.6 is 0 Å². The predicted molar refractivity (Wildman–Crippen MR) is 94.2 cm³/mol. The maximum Gasteiger partial charge on any atom is 0.303 e. The number of carboxylic acid groups (broad SMARTS) is 1. The Kier molecular flexibility index (Phi) is 8.27. The molecule has 10 heteroatoms. The van der Waals surface area contributed by atoms with Gasteiger partial charge in [-0.1, -0.05) is 6.42 Å². The fraction of sp³-hybridized carbons (Fsp3) is 0.312. The van der Waals surface area contributed by atoms with E-state index >= 15 is 0 Å². The molecule has 1 aromatic carbocycles. The second-order valence-corrected chi connectivity index (χ2v) is 6.91. The predicted octanol–water partition coefficient (Wildman–Crippen LogP) is 0.915. The number of unbranched alkanes of at least 4 members (excludes halogenated alkanes) is 2. The van der Waals surface area contributed by atoms with Crippen LogP contribution in [0.3, 0.4) is 0 Å². The van der Waals surface area contributed by atoms with Gasteiger partial charge in [-0.3, -0.25) is 9.59 Å². The maximum absolute atomic E-state index is 12.0. The highest BCUT2D eigenvalue weighted by Crippen LogP contribution is 2.13. The Morgan fingerprint density at radius 1 is 1.19 bits per heavy atom. The summed E-state index contributed by atoms with van der Waals surface area (Å²) in [4.78, 5) is 22.3. The van der Waals surface area contributed by atoms with Gasteiger partial charge in [0.1, 0.15) is 11.6 Å². The SMILES string of the molecule is N#C/C(=C/NCCCCCC(=O)O)C(=O)Nc1ccc(S(N)(=O)=O)cc1. The molecule has 1 amide bonds. The lowest BCUT2D eigenvalue weighted by atomic mass is 10.2. The Labute approximate surface area is 151 Å². The number of nitrogens with one attached hydrogen (secondary N) is 2. The summed E-state index contributed by atoms with van der Waals surface area (Å²) >= 11 is 0. The molecule has 5 N–H and O–H groups in total. The van der Waals surface area contributed by atoms with Crippen LogP contribution in [0.4, 0.5) is 5.69 Å². The lowest BCUT2D eigenvalue weighted by Crippen LogP contribution is -2.17. The van der Waals surface area contributed by atoms with Crippen molar-refractivity contribution in [2.75, 3.05) is 11.9 Å². The fourth-order valence-corrected chi connectivity index (χ4v) is 2.44. The minimum absolute atomic E-state index is 0.0869. The summed E-state index contributed by atoms with van der Waals surface area (Å²) in [5, 5.41) is 27.9. The molecule has 0 aromatic heterocycles. The molecule has 0 saturated heterocycles. The molecule has 1 aromatic rings. The van der Waals surface area contributed by atoms with E-state index in [0.717, 1.165) is 6.42 Å². The number of amides is 1. The van der Waals surface area contributed by atoms with Gasteiger partial charge in [0.15, 0.2) is 0 Å². The number of nitrogens with two attached hydrogens (primary N) is 1. The third-order valence-corrected chi connectivity index (χ3v) is 4.19. The smallest absolute Gasteiger partial charge is 0.303 e. The van der Waals surface area contributed by atoms with Gasteiger partial charge in [-0.2, -0.15) is 5.26 Å². The number of sulfonamides is 1. The first-order valence-electron chi connectivity index (χ1n) is 7.73. The Bertz CT molecular complexity index is 810. The molecule has 0 bridgehead atoms. The van der Waals surface area contributed by atoms with Crippen molar-refractivity contribution in [2.45, 2.75) is 30.6 Å². The number of primary sulfonamides is 1. The highest BCUT2D eigenvalue weighted by molar-refractivity contribution is 7.89. The van der Waals surface area contributed by atoms with Gasteiger partial charge in [-0.15, -0.1) is 0 Å². The summed E-state index contributed by atoms with van der Waals surface area (Å²) in [6, 6.07) is 6.99. The maximum atomic E-state index is 12.0. The van der Waals surface area contributed by atoms with E-state index < -0.39 is 21.9 Å². The van der Waals surface area contributed by atoms with Gasteiger partial charge in [-0.05, 0) is 37.1 Å². The molecule has 0 aliphatic rings. The summed E-state index contributed by atoms with van der Waals surface area (Å²) in [5.41, 5.74) is 0.170. The molecule has 9 nitrogen and oxygen atoms in total. The van der Waals surface area contributed by atoms with Crippen molar-refractivity contribution >= 4 is 27.6 Å². The third-order valence-electron chi connectivity index (χ3n) is 3.26. The molecule has 0 heterocycles. The molecule has 0 aliphatic heterocycles. The molecule has 0 radical (unpaired) electrons. The first kappa shape index (κ1) is 21.1. The van der Waals surface area contributed by atoms with E-state index in [9.17, 15) is 18.0 Å². The summed E-state index contributed by atoms with van der Waals surface area (Å²) < 4.78 is 22.3. The van der Waals surface area contributed by atoms with E-state index in [4.69, 9.17) is 15.5 Å². The van der Waals surface area contributed by atoms with Gasteiger partial charge in [0, 0.05) is 24.9 Å². The van der Waals surface area contributed by atoms with Crippen molar-refractivity contribution in [3.05, 3.63) is 36.0 Å². The van der Waals surface area contributed by atoms with Crippen LogP contribution in [0, 0.1) is 11.3 Å². The van der Waals surface area contributed by atoms with Crippen molar-refractivity contribution in [3.8, 4) is 6.07 Å². The minimum atomic E-state index is -3.81. The highest BCUT2D eigenvalue weighted by Gasteiger charge is 2.11. The number of rotatable bonds is 10. The molecule has 0 atom stereocenters. The Morgan fingerprint density at radius 3 is 2.38 bits per heavy atom. The molecule has 140 valence electrons. The van der Waals surface area contributed by atoms with Crippen LogP contribution in [0.5, 0.6) is 0 Å². The number of hydrogen-bond acceptors (Lipinski definition) is 6. The quantitative estimate of drug-likeness (QED) is 0.266. The van der Waals surface area contributed by atoms with E-state index in [1.807, 2.05) is 0 Å². The third kappa shape index (κ3) is 7.78. The largest absolute Gasteiger partial charge is 0.481 e. The van der Waals surface area contributed by atoms with Crippen molar-refractivity contribution < 1.29 is 23.1 Å². The molecule has 0 unspecified atom stereocenters.